The van der Waals surface area contributed by atoms with Gasteiger partial charge < -0.3 is 5.32 Å². The maximum absolute atomic E-state index is 4.67. The Bertz CT molecular complexity index is 474. The Balaban J connectivity index is 2.70. The molecule has 0 saturated carbocycles. The van der Waals surface area contributed by atoms with E-state index in [-0.39, 0.29) is 0 Å². The number of anilines is 1. The molecule has 0 fully saturated rings. The topological polar surface area (TPSA) is 24.9 Å². The monoisotopic (exact) mass is 220 g/mol. The molecule has 0 unspecified atom stereocenters. The standard InChI is InChI=1S/C12H16N2S/c1-4-9-8(3)11(13-5-2)12-10(14-9)6-7-15-12/h6-7H,4-5H2,1-3H3,(H,13,14). The van der Waals surface area contributed by atoms with E-state index in [0.717, 1.165) is 18.5 Å². The number of pyridine rings is 1. The van der Waals surface area contributed by atoms with Gasteiger partial charge in [-0.05, 0) is 37.3 Å². The van der Waals surface area contributed by atoms with E-state index in [2.05, 4.69) is 42.5 Å². The first kappa shape index (κ1) is 10.4. The van der Waals surface area contributed by atoms with Gasteiger partial charge in [-0.25, -0.2) is 0 Å². The van der Waals surface area contributed by atoms with Crippen LogP contribution in [-0.4, -0.2) is 11.5 Å². The number of aryl methyl sites for hydroxylation is 1. The van der Waals surface area contributed by atoms with Gasteiger partial charge in [0.05, 0.1) is 15.9 Å². The molecule has 80 valence electrons. The molecule has 0 aromatic carbocycles. The summed E-state index contributed by atoms with van der Waals surface area (Å²) in [5.41, 5.74) is 4.90. The minimum atomic E-state index is 0.959. The lowest BCUT2D eigenvalue weighted by Crippen LogP contribution is -2.03. The molecule has 0 atom stereocenters. The van der Waals surface area contributed by atoms with Crippen LogP contribution in [0.15, 0.2) is 11.4 Å². The van der Waals surface area contributed by atoms with Crippen molar-refractivity contribution in [3.8, 4) is 0 Å². The lowest BCUT2D eigenvalue weighted by molar-refractivity contribution is 1.03. The van der Waals surface area contributed by atoms with Crippen molar-refractivity contribution < 1.29 is 0 Å². The molecule has 2 aromatic rings. The number of rotatable bonds is 3. The second-order valence-electron chi connectivity index (χ2n) is 3.58. The van der Waals surface area contributed by atoms with Crippen molar-refractivity contribution >= 4 is 27.2 Å². The molecule has 0 saturated heterocycles. The predicted molar refractivity (Wildman–Crippen MR) is 67.9 cm³/mol. The van der Waals surface area contributed by atoms with Crippen LogP contribution in [0.25, 0.3) is 10.2 Å². The Morgan fingerprint density at radius 1 is 1.40 bits per heavy atom. The number of hydrogen-bond donors (Lipinski definition) is 1. The largest absolute Gasteiger partial charge is 0.384 e. The molecule has 0 spiro atoms. The number of nitrogens with zero attached hydrogens (tertiary/aromatic N) is 1. The van der Waals surface area contributed by atoms with Crippen LogP contribution in [0.1, 0.15) is 25.1 Å². The molecule has 2 heterocycles. The van der Waals surface area contributed by atoms with Crippen molar-refractivity contribution in [2.45, 2.75) is 27.2 Å². The molecule has 1 N–H and O–H groups in total. The summed E-state index contributed by atoms with van der Waals surface area (Å²) in [6, 6.07) is 2.10. The Morgan fingerprint density at radius 3 is 2.87 bits per heavy atom. The van der Waals surface area contributed by atoms with Crippen molar-refractivity contribution in [1.29, 1.82) is 0 Å². The van der Waals surface area contributed by atoms with Crippen molar-refractivity contribution in [3.05, 3.63) is 22.7 Å². The SMILES string of the molecule is CCNc1c(C)c(CC)nc2ccsc12. The first-order chi connectivity index (χ1) is 7.27. The molecular weight excluding hydrogens is 204 g/mol. The van der Waals surface area contributed by atoms with E-state index in [1.165, 1.54) is 21.6 Å². The van der Waals surface area contributed by atoms with Crippen LogP contribution < -0.4 is 5.32 Å². The number of thiophene rings is 1. The molecule has 0 aliphatic carbocycles. The Morgan fingerprint density at radius 2 is 2.20 bits per heavy atom. The van der Waals surface area contributed by atoms with E-state index in [0.29, 0.717) is 0 Å². The van der Waals surface area contributed by atoms with Gasteiger partial charge in [0.25, 0.3) is 0 Å². The highest BCUT2D eigenvalue weighted by Gasteiger charge is 2.10. The molecule has 15 heavy (non-hydrogen) atoms. The average molecular weight is 220 g/mol. The highest BCUT2D eigenvalue weighted by molar-refractivity contribution is 7.17. The van der Waals surface area contributed by atoms with Crippen molar-refractivity contribution in [2.24, 2.45) is 0 Å². The van der Waals surface area contributed by atoms with Gasteiger partial charge >= 0.3 is 0 Å². The first-order valence-electron chi connectivity index (χ1n) is 5.38. The Hall–Kier alpha value is -1.09. The second kappa shape index (κ2) is 4.19. The fraction of sp³-hybridized carbons (Fsp3) is 0.417. The molecule has 2 aromatic heterocycles. The van der Waals surface area contributed by atoms with E-state index in [4.69, 9.17) is 0 Å². The number of fused-ring (bicyclic) bond motifs is 1. The van der Waals surface area contributed by atoms with Gasteiger partial charge in [0.1, 0.15) is 0 Å². The van der Waals surface area contributed by atoms with Gasteiger partial charge in [-0.15, -0.1) is 11.3 Å². The summed E-state index contributed by atoms with van der Waals surface area (Å²) in [5, 5.41) is 5.56. The molecule has 3 heteroatoms. The Labute approximate surface area is 94.3 Å². The summed E-state index contributed by atoms with van der Waals surface area (Å²) >= 11 is 1.76. The summed E-state index contributed by atoms with van der Waals surface area (Å²) in [4.78, 5) is 4.67. The average Bonchev–Trinajstić information content (AvgIpc) is 2.69. The summed E-state index contributed by atoms with van der Waals surface area (Å²) in [5.74, 6) is 0. The summed E-state index contributed by atoms with van der Waals surface area (Å²) in [7, 11) is 0. The third-order valence-electron chi connectivity index (χ3n) is 2.62. The normalized spacial score (nSPS) is 10.9. The van der Waals surface area contributed by atoms with E-state index >= 15 is 0 Å². The van der Waals surface area contributed by atoms with Crippen molar-refractivity contribution in [2.75, 3.05) is 11.9 Å². The number of nitrogens with one attached hydrogen (secondary N) is 1. The van der Waals surface area contributed by atoms with Gasteiger partial charge in [0.15, 0.2) is 0 Å². The molecule has 0 radical (unpaired) electrons. The smallest absolute Gasteiger partial charge is 0.0834 e. The maximum Gasteiger partial charge on any atom is 0.0834 e. The van der Waals surface area contributed by atoms with Gasteiger partial charge in [0.2, 0.25) is 0 Å². The van der Waals surface area contributed by atoms with Gasteiger partial charge in [0, 0.05) is 12.2 Å². The molecule has 2 rings (SSSR count). The fourth-order valence-electron chi connectivity index (χ4n) is 1.86. The number of aromatic nitrogens is 1. The summed E-state index contributed by atoms with van der Waals surface area (Å²) < 4.78 is 1.28. The lowest BCUT2D eigenvalue weighted by atomic mass is 10.1. The first-order valence-corrected chi connectivity index (χ1v) is 6.26. The van der Waals surface area contributed by atoms with Crippen LogP contribution in [0.4, 0.5) is 5.69 Å². The van der Waals surface area contributed by atoms with E-state index in [9.17, 15) is 0 Å². The van der Waals surface area contributed by atoms with Crippen LogP contribution >= 0.6 is 11.3 Å². The van der Waals surface area contributed by atoms with Crippen molar-refractivity contribution in [1.82, 2.24) is 4.98 Å². The van der Waals surface area contributed by atoms with E-state index in [1.807, 2.05) is 0 Å². The lowest BCUT2D eigenvalue weighted by Gasteiger charge is -2.11. The quantitative estimate of drug-likeness (QED) is 0.855. The van der Waals surface area contributed by atoms with Crippen LogP contribution in [0.5, 0.6) is 0 Å². The van der Waals surface area contributed by atoms with Crippen LogP contribution in [0, 0.1) is 6.92 Å². The number of hydrogen-bond acceptors (Lipinski definition) is 3. The zero-order chi connectivity index (χ0) is 10.8. The second-order valence-corrected chi connectivity index (χ2v) is 4.49. The highest BCUT2D eigenvalue weighted by Crippen LogP contribution is 2.32. The summed E-state index contributed by atoms with van der Waals surface area (Å²) in [6.45, 7) is 7.40. The minimum absolute atomic E-state index is 0.959. The van der Waals surface area contributed by atoms with Crippen LogP contribution in [0.3, 0.4) is 0 Å². The van der Waals surface area contributed by atoms with Crippen LogP contribution in [-0.2, 0) is 6.42 Å². The van der Waals surface area contributed by atoms with E-state index < -0.39 is 0 Å². The molecule has 0 aliphatic rings. The molecule has 0 bridgehead atoms. The minimum Gasteiger partial charge on any atom is -0.384 e. The Kier molecular flexibility index (Phi) is 2.91. The third-order valence-corrected chi connectivity index (χ3v) is 3.54. The molecule has 0 amide bonds. The molecular formula is C12H16N2S. The molecule has 0 aliphatic heterocycles. The van der Waals surface area contributed by atoms with E-state index in [1.54, 1.807) is 11.3 Å². The highest BCUT2D eigenvalue weighted by atomic mass is 32.1. The zero-order valence-corrected chi connectivity index (χ0v) is 10.2. The van der Waals surface area contributed by atoms with Crippen LogP contribution in [0.2, 0.25) is 0 Å². The maximum atomic E-state index is 4.67. The van der Waals surface area contributed by atoms with Gasteiger partial charge in [-0.2, -0.15) is 0 Å². The van der Waals surface area contributed by atoms with Gasteiger partial charge in [-0.1, -0.05) is 6.92 Å². The third kappa shape index (κ3) is 1.72. The van der Waals surface area contributed by atoms with Gasteiger partial charge in [-0.3, -0.25) is 4.98 Å². The zero-order valence-electron chi connectivity index (χ0n) is 9.42. The fourth-order valence-corrected chi connectivity index (χ4v) is 2.77. The molecule has 2 nitrogen and oxygen atoms in total. The predicted octanol–water partition coefficient (Wildman–Crippen LogP) is 3.60. The summed E-state index contributed by atoms with van der Waals surface area (Å²) in [6.07, 6.45) is 0.996. The van der Waals surface area contributed by atoms with Crippen molar-refractivity contribution in [3.63, 3.8) is 0 Å².